The molecule has 116 valence electrons. The van der Waals surface area contributed by atoms with Crippen molar-refractivity contribution in [3.8, 4) is 0 Å². The van der Waals surface area contributed by atoms with Crippen molar-refractivity contribution in [2.45, 2.75) is 69.3 Å². The summed E-state index contributed by atoms with van der Waals surface area (Å²) in [6.07, 6.45) is 9.41. The van der Waals surface area contributed by atoms with Crippen molar-refractivity contribution < 1.29 is 4.74 Å². The number of benzene rings is 1. The molecule has 21 heavy (non-hydrogen) atoms. The van der Waals surface area contributed by atoms with Crippen molar-refractivity contribution in [3.63, 3.8) is 0 Å². The first-order valence-electron chi connectivity index (χ1n) is 8.65. The minimum Gasteiger partial charge on any atom is -0.378 e. The first-order chi connectivity index (χ1) is 10.3. The molecule has 3 rings (SSSR count). The highest BCUT2D eigenvalue weighted by molar-refractivity contribution is 6.21. The average Bonchev–Trinajstić information content (AvgIpc) is 3.04. The van der Waals surface area contributed by atoms with Gasteiger partial charge in [-0.1, -0.05) is 50.5 Å². The van der Waals surface area contributed by atoms with E-state index in [0.29, 0.717) is 12.0 Å². The van der Waals surface area contributed by atoms with Gasteiger partial charge in [0.1, 0.15) is 0 Å². The lowest BCUT2D eigenvalue weighted by Gasteiger charge is -2.24. The van der Waals surface area contributed by atoms with Crippen molar-refractivity contribution in [3.05, 3.63) is 35.4 Å². The molecular weight excluding hydrogens is 280 g/mol. The molecular formula is C19H27ClO. The average molecular weight is 307 g/mol. The van der Waals surface area contributed by atoms with Gasteiger partial charge in [0, 0.05) is 12.5 Å². The second-order valence-corrected chi connectivity index (χ2v) is 7.14. The Bertz CT molecular complexity index is 435. The standard InChI is InChI=1S/C19H27ClO/c1-2-18-17(12-13-21-18)19(20)16-10-8-15(9-11-16)14-6-4-3-5-7-14/h8-11,14,17-19H,2-7,12-13H2,1H3. The van der Waals surface area contributed by atoms with Crippen molar-refractivity contribution in [1.82, 2.24) is 0 Å². The summed E-state index contributed by atoms with van der Waals surface area (Å²) in [5.74, 6) is 1.25. The maximum Gasteiger partial charge on any atom is 0.0639 e. The molecule has 1 heterocycles. The van der Waals surface area contributed by atoms with Gasteiger partial charge in [-0.05, 0) is 42.7 Å². The number of halogens is 1. The van der Waals surface area contributed by atoms with E-state index in [1.807, 2.05) is 0 Å². The predicted octanol–water partition coefficient (Wildman–Crippen LogP) is 5.83. The smallest absolute Gasteiger partial charge is 0.0639 e. The summed E-state index contributed by atoms with van der Waals surface area (Å²) in [6, 6.07) is 9.15. The molecule has 2 heteroatoms. The normalized spacial score (nSPS) is 28.7. The fourth-order valence-corrected chi connectivity index (χ4v) is 4.49. The highest BCUT2D eigenvalue weighted by atomic mass is 35.5. The van der Waals surface area contributed by atoms with E-state index in [9.17, 15) is 0 Å². The largest absolute Gasteiger partial charge is 0.378 e. The molecule has 0 N–H and O–H groups in total. The van der Waals surface area contributed by atoms with Crippen molar-refractivity contribution >= 4 is 11.6 Å². The summed E-state index contributed by atoms with van der Waals surface area (Å²) in [7, 11) is 0. The van der Waals surface area contributed by atoms with Crippen molar-refractivity contribution in [2.24, 2.45) is 5.92 Å². The molecule has 3 unspecified atom stereocenters. The maximum atomic E-state index is 6.74. The molecule has 0 amide bonds. The van der Waals surface area contributed by atoms with E-state index in [1.165, 1.54) is 43.2 Å². The zero-order valence-corrected chi connectivity index (χ0v) is 13.8. The maximum absolute atomic E-state index is 6.74. The van der Waals surface area contributed by atoms with E-state index >= 15 is 0 Å². The van der Waals surface area contributed by atoms with E-state index in [-0.39, 0.29) is 5.38 Å². The number of alkyl halides is 1. The number of hydrogen-bond donors (Lipinski definition) is 0. The highest BCUT2D eigenvalue weighted by Gasteiger charge is 2.33. The van der Waals surface area contributed by atoms with Crippen LogP contribution in [0.3, 0.4) is 0 Å². The van der Waals surface area contributed by atoms with Gasteiger partial charge < -0.3 is 4.74 Å². The summed E-state index contributed by atoms with van der Waals surface area (Å²) in [5.41, 5.74) is 2.78. The number of rotatable bonds is 4. The Morgan fingerprint density at radius 2 is 1.81 bits per heavy atom. The van der Waals surface area contributed by atoms with Gasteiger partial charge in [0.2, 0.25) is 0 Å². The molecule has 1 saturated heterocycles. The molecule has 2 aliphatic rings. The van der Waals surface area contributed by atoms with Crippen LogP contribution >= 0.6 is 11.6 Å². The third-order valence-corrected chi connectivity index (χ3v) is 5.95. The molecule has 1 aliphatic heterocycles. The van der Waals surface area contributed by atoms with Crippen LogP contribution in [0, 0.1) is 5.92 Å². The lowest BCUT2D eigenvalue weighted by atomic mass is 9.83. The zero-order valence-electron chi connectivity index (χ0n) is 13.1. The Hall–Kier alpha value is -0.530. The minimum absolute atomic E-state index is 0.0952. The monoisotopic (exact) mass is 306 g/mol. The molecule has 2 fully saturated rings. The molecule has 0 radical (unpaired) electrons. The second kappa shape index (κ2) is 7.15. The SMILES string of the molecule is CCC1OCCC1C(Cl)c1ccc(C2CCCCC2)cc1. The van der Waals surface area contributed by atoms with Crippen molar-refractivity contribution in [2.75, 3.05) is 6.61 Å². The van der Waals surface area contributed by atoms with Gasteiger partial charge in [-0.3, -0.25) is 0 Å². The van der Waals surface area contributed by atoms with E-state index in [0.717, 1.165) is 25.4 Å². The van der Waals surface area contributed by atoms with Gasteiger partial charge in [0.25, 0.3) is 0 Å². The van der Waals surface area contributed by atoms with Crippen LogP contribution in [-0.4, -0.2) is 12.7 Å². The Morgan fingerprint density at radius 1 is 1.10 bits per heavy atom. The minimum atomic E-state index is 0.0952. The molecule has 1 aliphatic carbocycles. The molecule has 0 aromatic heterocycles. The molecule has 0 spiro atoms. The van der Waals surface area contributed by atoms with E-state index in [1.54, 1.807) is 0 Å². The molecule has 1 aromatic carbocycles. The van der Waals surface area contributed by atoms with Crippen LogP contribution in [0.1, 0.15) is 74.3 Å². The first-order valence-corrected chi connectivity index (χ1v) is 9.08. The lowest BCUT2D eigenvalue weighted by Crippen LogP contribution is -2.19. The van der Waals surface area contributed by atoms with Gasteiger partial charge in [-0.25, -0.2) is 0 Å². The summed E-state index contributed by atoms with van der Waals surface area (Å²) >= 11 is 6.74. The van der Waals surface area contributed by atoms with Crippen LogP contribution in [0.2, 0.25) is 0 Å². The molecule has 1 saturated carbocycles. The zero-order chi connectivity index (χ0) is 14.7. The Labute approximate surface area is 134 Å². The van der Waals surface area contributed by atoms with Crippen LogP contribution in [0.4, 0.5) is 0 Å². The van der Waals surface area contributed by atoms with Gasteiger partial charge in [0.05, 0.1) is 11.5 Å². The first kappa shape index (κ1) is 15.4. The van der Waals surface area contributed by atoms with Crippen molar-refractivity contribution in [1.29, 1.82) is 0 Å². The van der Waals surface area contributed by atoms with Gasteiger partial charge in [-0.2, -0.15) is 0 Å². The van der Waals surface area contributed by atoms with Gasteiger partial charge >= 0.3 is 0 Å². The van der Waals surface area contributed by atoms with E-state index in [4.69, 9.17) is 16.3 Å². The summed E-state index contributed by atoms with van der Waals surface area (Å²) in [6.45, 7) is 3.06. The highest BCUT2D eigenvalue weighted by Crippen LogP contribution is 2.40. The summed E-state index contributed by atoms with van der Waals surface area (Å²) < 4.78 is 5.79. The molecule has 1 nitrogen and oxygen atoms in total. The van der Waals surface area contributed by atoms with Crippen LogP contribution in [-0.2, 0) is 4.74 Å². The van der Waals surface area contributed by atoms with Crippen LogP contribution in [0.25, 0.3) is 0 Å². The third-order valence-electron chi connectivity index (χ3n) is 5.37. The molecule has 0 bridgehead atoms. The Balaban J connectivity index is 1.68. The fraction of sp³-hybridized carbons (Fsp3) is 0.684. The molecule has 1 aromatic rings. The Morgan fingerprint density at radius 3 is 2.48 bits per heavy atom. The van der Waals surface area contributed by atoms with Crippen LogP contribution in [0.15, 0.2) is 24.3 Å². The van der Waals surface area contributed by atoms with E-state index in [2.05, 4.69) is 31.2 Å². The Kier molecular flexibility index (Phi) is 5.24. The quantitative estimate of drug-likeness (QED) is 0.636. The molecule has 3 atom stereocenters. The van der Waals surface area contributed by atoms with Crippen LogP contribution in [0.5, 0.6) is 0 Å². The van der Waals surface area contributed by atoms with Gasteiger partial charge in [-0.15, -0.1) is 11.6 Å². The number of hydrogen-bond acceptors (Lipinski definition) is 1. The van der Waals surface area contributed by atoms with Gasteiger partial charge in [0.15, 0.2) is 0 Å². The fourth-order valence-electron chi connectivity index (χ4n) is 4.06. The number of ether oxygens (including phenoxy) is 1. The predicted molar refractivity (Wildman–Crippen MR) is 89.0 cm³/mol. The second-order valence-electron chi connectivity index (χ2n) is 6.67. The topological polar surface area (TPSA) is 9.23 Å². The third kappa shape index (κ3) is 3.46. The summed E-state index contributed by atoms with van der Waals surface area (Å²) in [5, 5.41) is 0.0952. The van der Waals surface area contributed by atoms with Crippen LogP contribution < -0.4 is 0 Å². The van der Waals surface area contributed by atoms with E-state index < -0.39 is 0 Å². The summed E-state index contributed by atoms with van der Waals surface area (Å²) in [4.78, 5) is 0. The lowest BCUT2D eigenvalue weighted by molar-refractivity contribution is 0.0864.